The summed E-state index contributed by atoms with van der Waals surface area (Å²) < 4.78 is 5.29. The van der Waals surface area contributed by atoms with Crippen LogP contribution in [0, 0.1) is 6.92 Å². The zero-order valence-electron chi connectivity index (χ0n) is 14.0. The van der Waals surface area contributed by atoms with Crippen LogP contribution in [0.1, 0.15) is 70.8 Å². The quantitative estimate of drug-likeness (QED) is 0.475. The lowest BCUT2D eigenvalue weighted by Gasteiger charge is -2.27. The highest BCUT2D eigenvalue weighted by molar-refractivity contribution is 7.75. The van der Waals surface area contributed by atoms with Gasteiger partial charge in [-0.15, -0.1) is 0 Å². The fraction of sp³-hybridized carbons (Fsp3) is 0.824. The molecule has 0 aliphatic heterocycles. The summed E-state index contributed by atoms with van der Waals surface area (Å²) in [5, 5.41) is 4.28. The van der Waals surface area contributed by atoms with E-state index in [2.05, 4.69) is 32.0 Å². The number of aryl methyl sites for hydroxylation is 1. The molecule has 3 heteroatoms. The Morgan fingerprint density at radius 1 is 0.950 bits per heavy atom. The Balaban J connectivity index is 2.80. The Hall–Kier alpha value is -0.360. The fourth-order valence-corrected chi connectivity index (χ4v) is 7.83. The van der Waals surface area contributed by atoms with Crippen molar-refractivity contribution in [2.45, 2.75) is 72.4 Å². The second kappa shape index (κ2) is 9.55. The Kier molecular flexibility index (Phi) is 8.45. The summed E-state index contributed by atoms with van der Waals surface area (Å²) in [6.07, 6.45) is 13.7. The van der Waals surface area contributed by atoms with E-state index in [9.17, 15) is 0 Å². The lowest BCUT2D eigenvalue weighted by Crippen LogP contribution is -2.11. The summed E-state index contributed by atoms with van der Waals surface area (Å²) in [6, 6.07) is 2.15. The maximum Gasteiger partial charge on any atom is 0.134 e. The van der Waals surface area contributed by atoms with Gasteiger partial charge >= 0.3 is 0 Å². The first kappa shape index (κ1) is 17.7. The second-order valence-electron chi connectivity index (χ2n) is 6.16. The van der Waals surface area contributed by atoms with Crippen LogP contribution in [0.15, 0.2) is 10.6 Å². The average Bonchev–Trinajstić information content (AvgIpc) is 2.85. The number of unbranched alkanes of at least 4 members (excludes halogenated alkanes) is 3. The van der Waals surface area contributed by atoms with Crippen molar-refractivity contribution in [1.82, 2.24) is 5.16 Å². The van der Waals surface area contributed by atoms with Gasteiger partial charge in [-0.25, -0.2) is 0 Å². The third kappa shape index (κ3) is 5.95. The lowest BCUT2D eigenvalue weighted by molar-refractivity contribution is 0.392. The van der Waals surface area contributed by atoms with E-state index in [1.165, 1.54) is 68.9 Å². The summed E-state index contributed by atoms with van der Waals surface area (Å²) in [5.41, 5.74) is 1.21. The van der Waals surface area contributed by atoms with Crippen LogP contribution in [0.3, 0.4) is 0 Å². The molecule has 1 rings (SSSR count). The van der Waals surface area contributed by atoms with Crippen molar-refractivity contribution in [3.63, 3.8) is 0 Å². The predicted molar refractivity (Wildman–Crippen MR) is 91.2 cm³/mol. The lowest BCUT2D eigenvalue weighted by atomic mass is 10.4. The number of rotatable bonds is 11. The standard InChI is InChI=1S/C17H33NOP/c1-5-8-11-20(12-9-6-2,13-10-7-3)15-17-14-16(4)19-18-17/h14H,5-13,15H2,1-4H3/q+1. The average molecular weight is 298 g/mol. The van der Waals surface area contributed by atoms with Crippen LogP contribution in [-0.2, 0) is 6.16 Å². The van der Waals surface area contributed by atoms with E-state index in [4.69, 9.17) is 4.52 Å². The van der Waals surface area contributed by atoms with Gasteiger partial charge in [0.05, 0.1) is 18.5 Å². The molecule has 0 aromatic carbocycles. The molecule has 0 bridgehead atoms. The van der Waals surface area contributed by atoms with Gasteiger partial charge < -0.3 is 4.52 Å². The number of hydrogen-bond donors (Lipinski definition) is 0. The van der Waals surface area contributed by atoms with Crippen LogP contribution in [0.2, 0.25) is 0 Å². The minimum absolute atomic E-state index is 0.877. The molecule has 0 unspecified atom stereocenters. The van der Waals surface area contributed by atoms with Gasteiger partial charge in [-0.1, -0.05) is 45.2 Å². The first-order valence-corrected chi connectivity index (χ1v) is 11.0. The molecule has 0 aliphatic rings. The second-order valence-corrected chi connectivity index (χ2v) is 10.5. The molecule has 0 fully saturated rings. The molecule has 1 heterocycles. The van der Waals surface area contributed by atoms with Crippen LogP contribution in [-0.4, -0.2) is 23.6 Å². The van der Waals surface area contributed by atoms with Crippen LogP contribution in [0.4, 0.5) is 0 Å². The smallest absolute Gasteiger partial charge is 0.134 e. The minimum atomic E-state index is -0.877. The third-order valence-corrected chi connectivity index (χ3v) is 8.92. The Bertz CT molecular complexity index is 340. The highest BCUT2D eigenvalue weighted by Crippen LogP contribution is 2.63. The molecule has 0 spiro atoms. The van der Waals surface area contributed by atoms with Gasteiger partial charge in [0.2, 0.25) is 0 Å². The Morgan fingerprint density at radius 2 is 1.45 bits per heavy atom. The van der Waals surface area contributed by atoms with E-state index in [0.717, 1.165) is 5.76 Å². The normalized spacial score (nSPS) is 12.0. The molecule has 0 atom stereocenters. The summed E-state index contributed by atoms with van der Waals surface area (Å²) in [5.74, 6) is 0.958. The van der Waals surface area contributed by atoms with E-state index in [1.54, 1.807) is 0 Å². The fourth-order valence-electron chi connectivity index (χ4n) is 2.89. The Labute approximate surface area is 126 Å². The molecule has 116 valence electrons. The molecule has 0 amide bonds. The molecule has 1 aromatic heterocycles. The van der Waals surface area contributed by atoms with E-state index in [-0.39, 0.29) is 0 Å². The van der Waals surface area contributed by atoms with E-state index >= 15 is 0 Å². The zero-order valence-corrected chi connectivity index (χ0v) is 14.8. The van der Waals surface area contributed by atoms with Crippen molar-refractivity contribution < 1.29 is 4.52 Å². The Morgan fingerprint density at radius 3 is 1.80 bits per heavy atom. The van der Waals surface area contributed by atoms with Crippen LogP contribution in [0.25, 0.3) is 0 Å². The molecule has 0 saturated heterocycles. The number of hydrogen-bond acceptors (Lipinski definition) is 2. The van der Waals surface area contributed by atoms with Crippen LogP contribution < -0.4 is 0 Å². The van der Waals surface area contributed by atoms with E-state index in [1.807, 2.05) is 6.92 Å². The summed E-state index contributed by atoms with van der Waals surface area (Å²) in [6.45, 7) is 8.94. The van der Waals surface area contributed by atoms with Crippen molar-refractivity contribution in [2.24, 2.45) is 0 Å². The molecule has 0 aliphatic carbocycles. The van der Waals surface area contributed by atoms with Gasteiger partial charge in [-0.2, -0.15) is 0 Å². The van der Waals surface area contributed by atoms with Gasteiger partial charge in [0, 0.05) is 13.3 Å². The van der Waals surface area contributed by atoms with E-state index < -0.39 is 7.26 Å². The van der Waals surface area contributed by atoms with Crippen LogP contribution in [0.5, 0.6) is 0 Å². The molecular formula is C17H33NOP+. The van der Waals surface area contributed by atoms with Crippen molar-refractivity contribution in [3.8, 4) is 0 Å². The number of aromatic nitrogens is 1. The van der Waals surface area contributed by atoms with Gasteiger partial charge in [0.1, 0.15) is 17.6 Å². The van der Waals surface area contributed by atoms with Crippen molar-refractivity contribution in [1.29, 1.82) is 0 Å². The minimum Gasteiger partial charge on any atom is -0.361 e. The topological polar surface area (TPSA) is 26.0 Å². The molecule has 2 nitrogen and oxygen atoms in total. The number of nitrogens with zero attached hydrogens (tertiary/aromatic N) is 1. The zero-order chi connectivity index (χ0) is 14.8. The molecule has 0 radical (unpaired) electrons. The third-order valence-electron chi connectivity index (χ3n) is 4.13. The summed E-state index contributed by atoms with van der Waals surface area (Å²) >= 11 is 0. The maximum atomic E-state index is 5.29. The van der Waals surface area contributed by atoms with Gasteiger partial charge in [-0.05, 0) is 26.2 Å². The predicted octanol–water partition coefficient (Wildman–Crippen LogP) is 5.90. The molecule has 0 N–H and O–H groups in total. The SMILES string of the molecule is CCCC[P+](CCCC)(CCCC)Cc1cc(C)on1. The molecule has 1 aromatic rings. The van der Waals surface area contributed by atoms with Gasteiger partial charge in [-0.3, -0.25) is 0 Å². The molecule has 0 saturated carbocycles. The molecular weight excluding hydrogens is 265 g/mol. The van der Waals surface area contributed by atoms with Gasteiger partial charge in [0.15, 0.2) is 0 Å². The maximum absolute atomic E-state index is 5.29. The highest BCUT2D eigenvalue weighted by atomic mass is 31.2. The van der Waals surface area contributed by atoms with Crippen molar-refractivity contribution in [2.75, 3.05) is 18.5 Å². The first-order chi connectivity index (χ1) is 9.65. The van der Waals surface area contributed by atoms with Crippen LogP contribution >= 0.6 is 7.26 Å². The van der Waals surface area contributed by atoms with Gasteiger partial charge in [0.25, 0.3) is 0 Å². The first-order valence-electron chi connectivity index (χ1n) is 8.43. The van der Waals surface area contributed by atoms with Crippen molar-refractivity contribution >= 4 is 7.26 Å². The highest BCUT2D eigenvalue weighted by Gasteiger charge is 2.36. The largest absolute Gasteiger partial charge is 0.361 e. The van der Waals surface area contributed by atoms with Crippen molar-refractivity contribution in [3.05, 3.63) is 17.5 Å². The summed E-state index contributed by atoms with van der Waals surface area (Å²) in [7, 11) is -0.877. The summed E-state index contributed by atoms with van der Waals surface area (Å²) in [4.78, 5) is 0. The molecule has 20 heavy (non-hydrogen) atoms. The monoisotopic (exact) mass is 298 g/mol. The van der Waals surface area contributed by atoms with E-state index in [0.29, 0.717) is 0 Å².